The molecule has 1 amide bonds. The average molecular weight is 402 g/mol. The number of ether oxygens (including phenoxy) is 3. The number of anilines is 1. The van der Waals surface area contributed by atoms with Crippen molar-refractivity contribution in [3.63, 3.8) is 0 Å². The minimum Gasteiger partial charge on any atom is -0.456 e. The van der Waals surface area contributed by atoms with E-state index in [0.29, 0.717) is 36.3 Å². The van der Waals surface area contributed by atoms with Gasteiger partial charge in [0, 0.05) is 24.1 Å². The molecule has 1 rings (SSSR count). The molecule has 0 unspecified atom stereocenters. The Labute approximate surface area is 172 Å². The summed E-state index contributed by atoms with van der Waals surface area (Å²) in [6, 6.07) is 8.51. The van der Waals surface area contributed by atoms with E-state index in [2.05, 4.69) is 11.9 Å². The number of benzene rings is 1. The highest BCUT2D eigenvalue weighted by molar-refractivity contribution is 5.87. The lowest BCUT2D eigenvalue weighted by atomic mass is 10.0. The predicted octanol–water partition coefficient (Wildman–Crippen LogP) is 4.58. The van der Waals surface area contributed by atoms with E-state index in [0.717, 1.165) is 0 Å². The van der Waals surface area contributed by atoms with Gasteiger partial charge in [-0.2, -0.15) is 5.26 Å². The molecule has 0 saturated heterocycles. The van der Waals surface area contributed by atoms with E-state index >= 15 is 0 Å². The van der Waals surface area contributed by atoms with E-state index in [9.17, 15) is 9.59 Å². The molecule has 1 aromatic rings. The van der Waals surface area contributed by atoms with Gasteiger partial charge in [-0.05, 0) is 58.9 Å². The zero-order chi connectivity index (χ0) is 22.1. The lowest BCUT2D eigenvalue weighted by Gasteiger charge is -2.29. The Morgan fingerprint density at radius 2 is 1.66 bits per heavy atom. The standard InChI is InChI=1S/C22H30N2O5/c1-16(2)19(25)29-22(5,6)12-14-28-21(3,4)11-13-27-20(26)24-18-9-7-17(15-23)8-10-18/h7-10H,1,11-14H2,2-6H3,(H,24,26). The van der Waals surface area contributed by atoms with Crippen LogP contribution in [0.5, 0.6) is 0 Å². The van der Waals surface area contributed by atoms with Gasteiger partial charge in [-0.3, -0.25) is 5.32 Å². The molecule has 0 aliphatic carbocycles. The van der Waals surface area contributed by atoms with Crippen LogP contribution in [-0.2, 0) is 19.0 Å². The van der Waals surface area contributed by atoms with Crippen LogP contribution in [0, 0.1) is 11.3 Å². The molecule has 158 valence electrons. The van der Waals surface area contributed by atoms with Crippen LogP contribution in [0.15, 0.2) is 36.4 Å². The van der Waals surface area contributed by atoms with Crippen molar-refractivity contribution in [2.45, 2.75) is 58.7 Å². The fraction of sp³-hybridized carbons (Fsp3) is 0.500. The number of carbonyl (C=O) groups is 2. The first-order valence-corrected chi connectivity index (χ1v) is 9.41. The molecule has 0 saturated carbocycles. The maximum Gasteiger partial charge on any atom is 0.411 e. The van der Waals surface area contributed by atoms with Gasteiger partial charge in [0.1, 0.15) is 5.60 Å². The number of nitrogens with one attached hydrogen (secondary N) is 1. The van der Waals surface area contributed by atoms with Crippen LogP contribution in [0.4, 0.5) is 10.5 Å². The van der Waals surface area contributed by atoms with Crippen LogP contribution in [0.2, 0.25) is 0 Å². The molecule has 7 nitrogen and oxygen atoms in total. The Balaban J connectivity index is 2.33. The minimum absolute atomic E-state index is 0.184. The summed E-state index contributed by atoms with van der Waals surface area (Å²) in [5.41, 5.74) is 0.249. The second-order valence-corrected chi connectivity index (χ2v) is 7.99. The smallest absolute Gasteiger partial charge is 0.411 e. The third kappa shape index (κ3) is 9.77. The molecule has 0 heterocycles. The van der Waals surface area contributed by atoms with Crippen molar-refractivity contribution in [3.8, 4) is 6.07 Å². The quantitative estimate of drug-likeness (QED) is 0.454. The zero-order valence-corrected chi connectivity index (χ0v) is 17.8. The maximum absolute atomic E-state index is 11.9. The molecular formula is C22H30N2O5. The first kappa shape index (κ1) is 24.2. The number of hydrogen-bond acceptors (Lipinski definition) is 6. The summed E-state index contributed by atoms with van der Waals surface area (Å²) in [6.07, 6.45) is 0.452. The van der Waals surface area contributed by atoms with Crippen LogP contribution >= 0.6 is 0 Å². The van der Waals surface area contributed by atoms with Gasteiger partial charge in [-0.25, -0.2) is 9.59 Å². The minimum atomic E-state index is -0.663. The van der Waals surface area contributed by atoms with Crippen LogP contribution < -0.4 is 5.32 Å². The maximum atomic E-state index is 11.9. The van der Waals surface area contributed by atoms with Crippen molar-refractivity contribution in [2.24, 2.45) is 0 Å². The monoisotopic (exact) mass is 402 g/mol. The summed E-state index contributed by atoms with van der Waals surface area (Å²) in [5, 5.41) is 11.4. The van der Waals surface area contributed by atoms with Crippen molar-refractivity contribution in [1.29, 1.82) is 5.26 Å². The van der Waals surface area contributed by atoms with Gasteiger partial charge in [0.05, 0.1) is 30.4 Å². The molecule has 7 heteroatoms. The third-order valence-electron chi connectivity index (χ3n) is 4.11. The number of esters is 1. The number of nitrogens with zero attached hydrogens (tertiary/aromatic N) is 1. The average Bonchev–Trinajstić information content (AvgIpc) is 2.61. The van der Waals surface area contributed by atoms with Crippen LogP contribution in [0.3, 0.4) is 0 Å². The van der Waals surface area contributed by atoms with Gasteiger partial charge in [0.2, 0.25) is 0 Å². The first-order valence-electron chi connectivity index (χ1n) is 9.41. The van der Waals surface area contributed by atoms with E-state index in [4.69, 9.17) is 19.5 Å². The molecule has 0 aliphatic rings. The molecule has 0 radical (unpaired) electrons. The first-order chi connectivity index (χ1) is 13.4. The molecule has 0 aromatic heterocycles. The summed E-state index contributed by atoms with van der Waals surface area (Å²) >= 11 is 0. The number of amides is 1. The summed E-state index contributed by atoms with van der Waals surface area (Å²) < 4.78 is 16.5. The van der Waals surface area contributed by atoms with Gasteiger partial charge in [-0.15, -0.1) is 0 Å². The van der Waals surface area contributed by atoms with Gasteiger partial charge in [-0.1, -0.05) is 6.58 Å². The number of nitriles is 1. The molecule has 1 aromatic carbocycles. The highest BCUT2D eigenvalue weighted by Gasteiger charge is 2.25. The summed E-state index contributed by atoms with van der Waals surface area (Å²) in [7, 11) is 0. The molecule has 0 atom stereocenters. The van der Waals surface area contributed by atoms with Crippen molar-refractivity contribution < 1.29 is 23.8 Å². The number of hydrogen-bond donors (Lipinski definition) is 1. The number of carbonyl (C=O) groups excluding carboxylic acids is 2. The summed E-state index contributed by atoms with van der Waals surface area (Å²) in [4.78, 5) is 23.5. The molecular weight excluding hydrogens is 372 g/mol. The summed E-state index contributed by atoms with van der Waals surface area (Å²) in [6.45, 7) is 13.2. The molecule has 29 heavy (non-hydrogen) atoms. The molecule has 0 spiro atoms. The third-order valence-corrected chi connectivity index (χ3v) is 4.11. The predicted molar refractivity (Wildman–Crippen MR) is 110 cm³/mol. The number of rotatable bonds is 10. The van der Waals surface area contributed by atoms with E-state index in [-0.39, 0.29) is 6.61 Å². The Kier molecular flexibility index (Phi) is 8.86. The van der Waals surface area contributed by atoms with Gasteiger partial charge >= 0.3 is 12.1 Å². The van der Waals surface area contributed by atoms with Gasteiger partial charge in [0.15, 0.2) is 0 Å². The lowest BCUT2D eigenvalue weighted by molar-refractivity contribution is -0.154. The topological polar surface area (TPSA) is 97.7 Å². The Morgan fingerprint density at radius 3 is 2.21 bits per heavy atom. The highest BCUT2D eigenvalue weighted by Crippen LogP contribution is 2.20. The Morgan fingerprint density at radius 1 is 1.07 bits per heavy atom. The van der Waals surface area contributed by atoms with Crippen LogP contribution in [0.1, 0.15) is 53.0 Å². The van der Waals surface area contributed by atoms with Crippen LogP contribution in [0.25, 0.3) is 0 Å². The van der Waals surface area contributed by atoms with Crippen molar-refractivity contribution in [2.75, 3.05) is 18.5 Å². The van der Waals surface area contributed by atoms with Crippen LogP contribution in [-0.4, -0.2) is 36.5 Å². The normalized spacial score (nSPS) is 11.3. The molecule has 0 bridgehead atoms. The van der Waals surface area contributed by atoms with Crippen molar-refractivity contribution >= 4 is 17.7 Å². The second-order valence-electron chi connectivity index (χ2n) is 7.99. The molecule has 0 fully saturated rings. The largest absolute Gasteiger partial charge is 0.456 e. The van der Waals surface area contributed by atoms with E-state index in [1.165, 1.54) is 0 Å². The van der Waals surface area contributed by atoms with E-state index in [1.807, 2.05) is 33.8 Å². The van der Waals surface area contributed by atoms with Crippen molar-refractivity contribution in [3.05, 3.63) is 42.0 Å². The Hall–Kier alpha value is -2.85. The van der Waals surface area contributed by atoms with E-state index in [1.54, 1.807) is 31.2 Å². The zero-order valence-electron chi connectivity index (χ0n) is 17.8. The second kappa shape index (κ2) is 10.6. The molecule has 0 aliphatic heterocycles. The van der Waals surface area contributed by atoms with E-state index < -0.39 is 23.3 Å². The SMILES string of the molecule is C=C(C)C(=O)OC(C)(C)CCOC(C)(C)CCOC(=O)Nc1ccc(C#N)cc1. The highest BCUT2D eigenvalue weighted by atomic mass is 16.6. The lowest BCUT2D eigenvalue weighted by Crippen LogP contribution is -2.33. The Bertz CT molecular complexity index is 760. The van der Waals surface area contributed by atoms with Crippen molar-refractivity contribution in [1.82, 2.24) is 0 Å². The summed E-state index contributed by atoms with van der Waals surface area (Å²) in [5.74, 6) is -0.420. The fourth-order valence-electron chi connectivity index (χ4n) is 2.21. The van der Waals surface area contributed by atoms with Gasteiger partial charge in [0.25, 0.3) is 0 Å². The fourth-order valence-corrected chi connectivity index (χ4v) is 2.21. The van der Waals surface area contributed by atoms with Gasteiger partial charge < -0.3 is 14.2 Å². The molecule has 1 N–H and O–H groups in total.